The van der Waals surface area contributed by atoms with E-state index in [-0.39, 0.29) is 11.9 Å². The number of carbonyl (C=O) groups excluding carboxylic acids is 1. The maximum Gasteiger partial charge on any atom is 0.273 e. The summed E-state index contributed by atoms with van der Waals surface area (Å²) in [6.07, 6.45) is 0. The first-order valence-corrected chi connectivity index (χ1v) is 12.1. The van der Waals surface area contributed by atoms with Crippen LogP contribution in [0.25, 0.3) is 11.3 Å². The first-order valence-electron chi connectivity index (χ1n) is 11.7. The lowest BCUT2D eigenvalue weighted by molar-refractivity contribution is 0.0730. The van der Waals surface area contributed by atoms with Crippen molar-refractivity contribution in [1.82, 2.24) is 15.1 Å². The van der Waals surface area contributed by atoms with Gasteiger partial charge in [-0.05, 0) is 49.2 Å². The molecule has 6 nitrogen and oxygen atoms in total. The highest BCUT2D eigenvalue weighted by Gasteiger charge is 2.42. The molecule has 7 heteroatoms. The third-order valence-electron chi connectivity index (χ3n) is 6.06. The molecule has 0 saturated heterocycles. The maximum atomic E-state index is 13.6. The summed E-state index contributed by atoms with van der Waals surface area (Å²) in [5.41, 5.74) is 5.01. The Morgan fingerprint density at radius 3 is 2.37 bits per heavy atom. The van der Waals surface area contributed by atoms with E-state index in [1.165, 1.54) is 0 Å². The molecule has 35 heavy (non-hydrogen) atoms. The van der Waals surface area contributed by atoms with E-state index < -0.39 is 0 Å². The zero-order valence-electron chi connectivity index (χ0n) is 19.6. The maximum absolute atomic E-state index is 13.6. The van der Waals surface area contributed by atoms with Crippen LogP contribution in [-0.4, -0.2) is 34.2 Å². The van der Waals surface area contributed by atoms with Crippen LogP contribution in [0.5, 0.6) is 11.5 Å². The predicted octanol–water partition coefficient (Wildman–Crippen LogP) is 6.27. The Bertz CT molecular complexity index is 1340. The molecule has 1 atom stereocenters. The van der Waals surface area contributed by atoms with E-state index in [4.69, 9.17) is 21.1 Å². The molecule has 0 radical (unpaired) electrons. The van der Waals surface area contributed by atoms with Crippen LogP contribution in [0.3, 0.4) is 0 Å². The SMILES string of the molecule is CCOc1ccc(C2c3c(-c4ccccc4)n[nH]c3C(=O)N2Cc2ccc(Cl)cc2)cc1OCC. The number of aromatic amines is 1. The number of benzene rings is 3. The molecule has 3 aromatic carbocycles. The van der Waals surface area contributed by atoms with Gasteiger partial charge in [0.2, 0.25) is 0 Å². The second-order valence-corrected chi connectivity index (χ2v) is 8.70. The van der Waals surface area contributed by atoms with E-state index in [0.29, 0.717) is 42.0 Å². The molecule has 1 aliphatic heterocycles. The quantitative estimate of drug-likeness (QED) is 0.318. The van der Waals surface area contributed by atoms with E-state index in [9.17, 15) is 4.79 Å². The van der Waals surface area contributed by atoms with Crippen LogP contribution >= 0.6 is 11.6 Å². The Morgan fingerprint density at radius 1 is 0.943 bits per heavy atom. The Hall–Kier alpha value is -3.77. The number of carbonyl (C=O) groups is 1. The fourth-order valence-electron chi connectivity index (χ4n) is 4.55. The highest BCUT2D eigenvalue weighted by Crippen LogP contribution is 2.45. The normalized spacial score (nSPS) is 14.8. The standard InChI is InChI=1S/C28H26ClN3O3/c1-3-34-22-15-12-20(16-23(22)35-4-2)27-24-25(19-8-6-5-7-9-19)30-31-26(24)28(33)32(27)17-18-10-13-21(29)14-11-18/h5-16,27H,3-4,17H2,1-2H3,(H,30,31). The number of hydrogen-bond acceptors (Lipinski definition) is 4. The average Bonchev–Trinajstić information content (AvgIpc) is 3.42. The molecule has 1 amide bonds. The molecule has 0 saturated carbocycles. The summed E-state index contributed by atoms with van der Waals surface area (Å²) in [5, 5.41) is 8.22. The van der Waals surface area contributed by atoms with Crippen molar-refractivity contribution in [2.24, 2.45) is 0 Å². The second-order valence-electron chi connectivity index (χ2n) is 8.26. The molecule has 5 rings (SSSR count). The number of aromatic nitrogens is 2. The smallest absolute Gasteiger partial charge is 0.273 e. The van der Waals surface area contributed by atoms with E-state index in [0.717, 1.165) is 27.9 Å². The Morgan fingerprint density at radius 2 is 1.66 bits per heavy atom. The van der Waals surface area contributed by atoms with Crippen LogP contribution in [0.15, 0.2) is 72.8 Å². The lowest BCUT2D eigenvalue weighted by Crippen LogP contribution is -2.29. The van der Waals surface area contributed by atoms with Gasteiger partial charge in [0.15, 0.2) is 11.5 Å². The van der Waals surface area contributed by atoms with Crippen molar-refractivity contribution >= 4 is 17.5 Å². The number of halogens is 1. The number of hydrogen-bond donors (Lipinski definition) is 1. The van der Waals surface area contributed by atoms with Gasteiger partial charge in [0.1, 0.15) is 5.69 Å². The molecule has 1 aliphatic rings. The molecular weight excluding hydrogens is 462 g/mol. The highest BCUT2D eigenvalue weighted by atomic mass is 35.5. The largest absolute Gasteiger partial charge is 0.490 e. The molecule has 1 aromatic heterocycles. The molecule has 178 valence electrons. The van der Waals surface area contributed by atoms with Gasteiger partial charge in [0.25, 0.3) is 5.91 Å². The van der Waals surface area contributed by atoms with E-state index >= 15 is 0 Å². The van der Waals surface area contributed by atoms with E-state index in [1.54, 1.807) is 0 Å². The van der Waals surface area contributed by atoms with Crippen LogP contribution in [0.1, 0.15) is 47.1 Å². The highest BCUT2D eigenvalue weighted by molar-refractivity contribution is 6.30. The zero-order chi connectivity index (χ0) is 24.4. The van der Waals surface area contributed by atoms with Crippen LogP contribution in [0.4, 0.5) is 0 Å². The van der Waals surface area contributed by atoms with E-state index in [2.05, 4.69) is 10.2 Å². The topological polar surface area (TPSA) is 67.5 Å². The van der Waals surface area contributed by atoms with Crippen LogP contribution in [-0.2, 0) is 6.54 Å². The molecule has 2 heterocycles. The summed E-state index contributed by atoms with van der Waals surface area (Å²) in [4.78, 5) is 15.5. The van der Waals surface area contributed by atoms with Crippen molar-refractivity contribution in [2.45, 2.75) is 26.4 Å². The lowest BCUT2D eigenvalue weighted by Gasteiger charge is -2.27. The van der Waals surface area contributed by atoms with Crippen molar-refractivity contribution in [1.29, 1.82) is 0 Å². The third kappa shape index (κ3) is 4.37. The number of ether oxygens (including phenoxy) is 2. The van der Waals surface area contributed by atoms with Gasteiger partial charge in [-0.1, -0.05) is 60.1 Å². The molecule has 4 aromatic rings. The summed E-state index contributed by atoms with van der Waals surface area (Å²) < 4.78 is 11.7. The van der Waals surface area contributed by atoms with Crippen LogP contribution < -0.4 is 9.47 Å². The van der Waals surface area contributed by atoms with Crippen molar-refractivity contribution in [3.8, 4) is 22.8 Å². The zero-order valence-corrected chi connectivity index (χ0v) is 20.4. The van der Waals surface area contributed by atoms with E-state index in [1.807, 2.05) is 91.5 Å². The van der Waals surface area contributed by atoms with Crippen molar-refractivity contribution in [2.75, 3.05) is 13.2 Å². The number of fused-ring (bicyclic) bond motifs is 1. The third-order valence-corrected chi connectivity index (χ3v) is 6.31. The minimum Gasteiger partial charge on any atom is -0.490 e. The molecule has 0 spiro atoms. The molecular formula is C28H26ClN3O3. The van der Waals surface area contributed by atoms with Gasteiger partial charge in [0.05, 0.1) is 24.9 Å². The molecule has 1 N–H and O–H groups in total. The molecule has 0 fully saturated rings. The number of amides is 1. The molecule has 1 unspecified atom stereocenters. The van der Waals surface area contributed by atoms with Gasteiger partial charge in [-0.15, -0.1) is 0 Å². The minimum atomic E-state index is -0.350. The number of nitrogens with one attached hydrogen (secondary N) is 1. The predicted molar refractivity (Wildman–Crippen MR) is 136 cm³/mol. The second kappa shape index (κ2) is 9.84. The summed E-state index contributed by atoms with van der Waals surface area (Å²) in [5.74, 6) is 1.24. The van der Waals surface area contributed by atoms with Crippen LogP contribution in [0.2, 0.25) is 5.02 Å². The first kappa shape index (κ1) is 23.0. The number of nitrogens with zero attached hydrogens (tertiary/aromatic N) is 2. The minimum absolute atomic E-state index is 0.0959. The van der Waals surface area contributed by atoms with Gasteiger partial charge >= 0.3 is 0 Å². The summed E-state index contributed by atoms with van der Waals surface area (Å²) in [6.45, 7) is 5.35. The van der Waals surface area contributed by atoms with Gasteiger partial charge in [0, 0.05) is 22.7 Å². The summed E-state index contributed by atoms with van der Waals surface area (Å²) in [7, 11) is 0. The Balaban J connectivity index is 1.64. The average molecular weight is 488 g/mol. The Labute approximate surface area is 209 Å². The fraction of sp³-hybridized carbons (Fsp3) is 0.214. The van der Waals surface area contributed by atoms with Gasteiger partial charge in [-0.2, -0.15) is 5.10 Å². The lowest BCUT2D eigenvalue weighted by atomic mass is 9.95. The first-order chi connectivity index (χ1) is 17.1. The van der Waals surface area contributed by atoms with Crippen LogP contribution in [0, 0.1) is 0 Å². The van der Waals surface area contributed by atoms with Gasteiger partial charge in [-0.25, -0.2) is 0 Å². The van der Waals surface area contributed by atoms with Gasteiger partial charge < -0.3 is 14.4 Å². The molecule has 0 bridgehead atoms. The monoisotopic (exact) mass is 487 g/mol. The van der Waals surface area contributed by atoms with Crippen molar-refractivity contribution < 1.29 is 14.3 Å². The summed E-state index contributed by atoms with van der Waals surface area (Å²) in [6, 6.07) is 23.0. The molecule has 0 aliphatic carbocycles. The fourth-order valence-corrected chi connectivity index (χ4v) is 4.67. The number of rotatable bonds is 8. The van der Waals surface area contributed by atoms with Gasteiger partial charge in [-0.3, -0.25) is 9.89 Å². The van der Waals surface area contributed by atoms with Crippen molar-refractivity contribution in [3.63, 3.8) is 0 Å². The Kier molecular flexibility index (Phi) is 6.47. The number of H-pyrrole nitrogens is 1. The van der Waals surface area contributed by atoms with Crippen molar-refractivity contribution in [3.05, 3.63) is 100 Å². The summed E-state index contributed by atoms with van der Waals surface area (Å²) >= 11 is 6.09.